The Kier molecular flexibility index (Phi) is 5.05. The maximum Gasteiger partial charge on any atom is 0.234 e. The predicted molar refractivity (Wildman–Crippen MR) is 60.4 cm³/mol. The van der Waals surface area contributed by atoms with Crippen molar-refractivity contribution in [3.05, 3.63) is 29.6 Å². The molecule has 3 nitrogen and oxygen atoms in total. The molecule has 0 heterocycles. The predicted octanol–water partition coefficient (Wildman–Crippen LogP) is 1.73. The minimum Gasteiger partial charge on any atom is -0.496 e. The van der Waals surface area contributed by atoms with Gasteiger partial charge < -0.3 is 10.1 Å². The van der Waals surface area contributed by atoms with Gasteiger partial charge in [0.2, 0.25) is 5.91 Å². The molecule has 0 radical (unpaired) electrons. The summed E-state index contributed by atoms with van der Waals surface area (Å²) in [6.45, 7) is 0.408. The van der Waals surface area contributed by atoms with Gasteiger partial charge in [0.05, 0.1) is 7.11 Å². The molecule has 0 atom stereocenters. The Morgan fingerprint density at radius 1 is 1.56 bits per heavy atom. The van der Waals surface area contributed by atoms with Gasteiger partial charge in [-0.15, -0.1) is 11.6 Å². The van der Waals surface area contributed by atoms with Crippen LogP contribution in [0.3, 0.4) is 0 Å². The first-order chi connectivity index (χ1) is 7.67. The minimum atomic E-state index is -0.320. The van der Waals surface area contributed by atoms with Crippen molar-refractivity contribution in [3.63, 3.8) is 0 Å². The summed E-state index contributed by atoms with van der Waals surface area (Å²) in [5.41, 5.74) is 0.720. The van der Waals surface area contributed by atoms with Gasteiger partial charge in [-0.05, 0) is 30.2 Å². The SMILES string of the molecule is COc1ccc(F)cc1CCNC(=O)CCl. The van der Waals surface area contributed by atoms with Gasteiger partial charge in [-0.1, -0.05) is 0 Å². The smallest absolute Gasteiger partial charge is 0.234 e. The monoisotopic (exact) mass is 245 g/mol. The van der Waals surface area contributed by atoms with Crippen molar-refractivity contribution in [2.24, 2.45) is 0 Å². The lowest BCUT2D eigenvalue weighted by Gasteiger charge is -2.08. The molecule has 0 aliphatic rings. The highest BCUT2D eigenvalue weighted by Crippen LogP contribution is 2.19. The van der Waals surface area contributed by atoms with Gasteiger partial charge in [-0.3, -0.25) is 4.79 Å². The number of rotatable bonds is 5. The van der Waals surface area contributed by atoms with Crippen LogP contribution < -0.4 is 10.1 Å². The van der Waals surface area contributed by atoms with Crippen LogP contribution in [0.5, 0.6) is 5.75 Å². The van der Waals surface area contributed by atoms with E-state index in [-0.39, 0.29) is 17.6 Å². The fourth-order valence-corrected chi connectivity index (χ4v) is 1.42. The molecule has 0 unspecified atom stereocenters. The zero-order chi connectivity index (χ0) is 12.0. The first-order valence-corrected chi connectivity index (χ1v) is 5.36. The van der Waals surface area contributed by atoms with Gasteiger partial charge in [0.25, 0.3) is 0 Å². The van der Waals surface area contributed by atoms with E-state index >= 15 is 0 Å². The Labute approximate surface area is 98.5 Å². The van der Waals surface area contributed by atoms with Crippen LogP contribution in [0.25, 0.3) is 0 Å². The van der Waals surface area contributed by atoms with E-state index in [2.05, 4.69) is 5.32 Å². The number of carbonyl (C=O) groups excluding carboxylic acids is 1. The number of halogens is 2. The van der Waals surface area contributed by atoms with E-state index in [1.807, 2.05) is 0 Å². The number of amides is 1. The highest BCUT2D eigenvalue weighted by atomic mass is 35.5. The molecule has 0 saturated heterocycles. The number of benzene rings is 1. The lowest BCUT2D eigenvalue weighted by atomic mass is 10.1. The van der Waals surface area contributed by atoms with E-state index in [4.69, 9.17) is 16.3 Å². The molecule has 0 aromatic heterocycles. The summed E-state index contributed by atoms with van der Waals surface area (Å²) < 4.78 is 18.1. The summed E-state index contributed by atoms with van der Waals surface area (Å²) in [5.74, 6) is -0.0154. The van der Waals surface area contributed by atoms with E-state index in [1.54, 1.807) is 6.07 Å². The Morgan fingerprint density at radius 2 is 2.31 bits per heavy atom. The Bertz CT molecular complexity index is 371. The molecule has 1 amide bonds. The molecule has 0 fully saturated rings. The van der Waals surface area contributed by atoms with Gasteiger partial charge in [-0.2, -0.15) is 0 Å². The van der Waals surface area contributed by atoms with Crippen LogP contribution in [0, 0.1) is 5.82 Å². The van der Waals surface area contributed by atoms with Crippen molar-refractivity contribution >= 4 is 17.5 Å². The fraction of sp³-hybridized carbons (Fsp3) is 0.364. The summed E-state index contributed by atoms with van der Waals surface area (Å²) in [7, 11) is 1.52. The molecule has 0 spiro atoms. The second-order valence-electron chi connectivity index (χ2n) is 3.19. The zero-order valence-corrected chi connectivity index (χ0v) is 9.68. The molecule has 88 valence electrons. The fourth-order valence-electron chi connectivity index (χ4n) is 1.33. The molecule has 0 aliphatic carbocycles. The van der Waals surface area contributed by atoms with E-state index in [9.17, 15) is 9.18 Å². The summed E-state index contributed by atoms with van der Waals surface area (Å²) in [6.07, 6.45) is 0.504. The number of ether oxygens (including phenoxy) is 1. The topological polar surface area (TPSA) is 38.3 Å². The second-order valence-corrected chi connectivity index (χ2v) is 3.46. The van der Waals surface area contributed by atoms with Crippen LogP contribution >= 0.6 is 11.6 Å². The van der Waals surface area contributed by atoms with Gasteiger partial charge in [0, 0.05) is 6.54 Å². The molecule has 1 N–H and O–H groups in total. The summed E-state index contributed by atoms with van der Waals surface area (Å²) in [4.78, 5) is 10.9. The van der Waals surface area contributed by atoms with Crippen LogP contribution in [0.15, 0.2) is 18.2 Å². The number of hydrogen-bond donors (Lipinski definition) is 1. The van der Waals surface area contributed by atoms with Crippen LogP contribution in [0.2, 0.25) is 0 Å². The summed E-state index contributed by atoms with van der Waals surface area (Å²) in [6, 6.07) is 4.29. The van der Waals surface area contributed by atoms with Crippen molar-refractivity contribution < 1.29 is 13.9 Å². The molecule has 0 saturated carbocycles. The standard InChI is InChI=1S/C11H13ClFNO2/c1-16-10-3-2-9(13)6-8(10)4-5-14-11(15)7-12/h2-3,6H,4-5,7H2,1H3,(H,14,15). The maximum atomic E-state index is 13.0. The Balaban J connectivity index is 2.58. The van der Waals surface area contributed by atoms with E-state index < -0.39 is 0 Å². The van der Waals surface area contributed by atoms with Gasteiger partial charge in [0.15, 0.2) is 0 Å². The number of hydrogen-bond acceptors (Lipinski definition) is 2. The third kappa shape index (κ3) is 3.70. The van der Waals surface area contributed by atoms with Crippen LogP contribution in [0.4, 0.5) is 4.39 Å². The molecule has 0 bridgehead atoms. The van der Waals surface area contributed by atoms with Crippen molar-refractivity contribution in [2.45, 2.75) is 6.42 Å². The Morgan fingerprint density at radius 3 is 2.94 bits per heavy atom. The Hall–Kier alpha value is -1.29. The summed E-state index contributed by atoms with van der Waals surface area (Å²) >= 11 is 5.32. The van der Waals surface area contributed by atoms with Crippen LogP contribution in [-0.4, -0.2) is 25.4 Å². The zero-order valence-electron chi connectivity index (χ0n) is 8.93. The lowest BCUT2D eigenvalue weighted by molar-refractivity contribution is -0.118. The van der Waals surface area contributed by atoms with E-state index in [1.165, 1.54) is 19.2 Å². The van der Waals surface area contributed by atoms with Crippen molar-refractivity contribution in [1.82, 2.24) is 5.32 Å². The quantitative estimate of drug-likeness (QED) is 0.803. The number of nitrogens with one attached hydrogen (secondary N) is 1. The van der Waals surface area contributed by atoms with Crippen LogP contribution in [-0.2, 0) is 11.2 Å². The maximum absolute atomic E-state index is 13.0. The van der Waals surface area contributed by atoms with Crippen molar-refractivity contribution in [1.29, 1.82) is 0 Å². The first kappa shape index (κ1) is 12.8. The van der Waals surface area contributed by atoms with Crippen molar-refractivity contribution in [2.75, 3.05) is 19.5 Å². The minimum absolute atomic E-state index is 0.0692. The first-order valence-electron chi connectivity index (χ1n) is 4.82. The molecule has 1 aromatic carbocycles. The van der Waals surface area contributed by atoms with Gasteiger partial charge in [-0.25, -0.2) is 4.39 Å². The molecule has 1 aromatic rings. The third-order valence-corrected chi connectivity index (χ3v) is 2.32. The van der Waals surface area contributed by atoms with Gasteiger partial charge >= 0.3 is 0 Å². The highest BCUT2D eigenvalue weighted by Gasteiger charge is 2.05. The van der Waals surface area contributed by atoms with E-state index in [0.717, 1.165) is 5.56 Å². The average molecular weight is 246 g/mol. The van der Waals surface area contributed by atoms with Gasteiger partial charge in [0.1, 0.15) is 17.4 Å². The molecule has 16 heavy (non-hydrogen) atoms. The van der Waals surface area contributed by atoms with Crippen molar-refractivity contribution in [3.8, 4) is 5.75 Å². The lowest BCUT2D eigenvalue weighted by Crippen LogP contribution is -2.26. The normalized spacial score (nSPS) is 9.94. The number of methoxy groups -OCH3 is 1. The molecular weight excluding hydrogens is 233 g/mol. The average Bonchev–Trinajstić information content (AvgIpc) is 2.29. The van der Waals surface area contributed by atoms with E-state index in [0.29, 0.717) is 18.7 Å². The molecule has 5 heteroatoms. The second kappa shape index (κ2) is 6.33. The third-order valence-electron chi connectivity index (χ3n) is 2.08. The molecule has 0 aliphatic heterocycles. The van der Waals surface area contributed by atoms with Crippen LogP contribution in [0.1, 0.15) is 5.56 Å². The number of carbonyl (C=O) groups is 1. The molecule has 1 rings (SSSR count). The highest BCUT2D eigenvalue weighted by molar-refractivity contribution is 6.27. The largest absolute Gasteiger partial charge is 0.496 e. The molecular formula is C11H13ClFNO2. The summed E-state index contributed by atoms with van der Waals surface area (Å²) in [5, 5.41) is 2.60. The number of alkyl halides is 1.